The van der Waals surface area contributed by atoms with Crippen LogP contribution in [0.4, 0.5) is 0 Å². The normalized spacial score (nSPS) is 19.9. The molecule has 1 aromatic carbocycles. The summed E-state index contributed by atoms with van der Waals surface area (Å²) in [5.74, 6) is 0. The fourth-order valence-electron chi connectivity index (χ4n) is 3.19. The number of ether oxygens (including phenoxy) is 1. The first-order chi connectivity index (χ1) is 8.73. The molecule has 0 aliphatic heterocycles. The predicted octanol–water partition coefficient (Wildman–Crippen LogP) is 3.95. The zero-order valence-electron chi connectivity index (χ0n) is 11.2. The van der Waals surface area contributed by atoms with E-state index in [1.54, 1.807) is 0 Å². The quantitative estimate of drug-likeness (QED) is 0.872. The minimum absolute atomic E-state index is 0.0888. The van der Waals surface area contributed by atoms with Crippen LogP contribution < -0.4 is 5.32 Å². The van der Waals surface area contributed by atoms with Crippen LogP contribution in [0.15, 0.2) is 24.3 Å². The molecule has 3 heteroatoms. The lowest BCUT2D eigenvalue weighted by Gasteiger charge is -2.38. The standard InChI is InChI=1S/C15H22ClNO/c1-3-18-15(10-6-7-11-15)14(17-2)12-8-4-5-9-13(12)16/h4-5,8-9,14,17H,3,6-7,10-11H2,1-2H3. The van der Waals surface area contributed by atoms with Gasteiger partial charge >= 0.3 is 0 Å². The minimum Gasteiger partial charge on any atom is -0.373 e. The maximum atomic E-state index is 6.34. The van der Waals surface area contributed by atoms with Crippen LogP contribution in [0.5, 0.6) is 0 Å². The van der Waals surface area contributed by atoms with Crippen LogP contribution in [0.25, 0.3) is 0 Å². The van der Waals surface area contributed by atoms with Gasteiger partial charge in [0.25, 0.3) is 0 Å². The molecular formula is C15H22ClNO. The Balaban J connectivity index is 2.34. The molecule has 1 saturated carbocycles. The molecule has 0 aromatic heterocycles. The molecular weight excluding hydrogens is 246 g/mol. The Morgan fingerprint density at radius 2 is 2.00 bits per heavy atom. The Morgan fingerprint density at radius 1 is 1.33 bits per heavy atom. The maximum absolute atomic E-state index is 6.34. The Kier molecular flexibility index (Phi) is 4.66. The molecule has 1 aromatic rings. The fourth-order valence-corrected chi connectivity index (χ4v) is 3.43. The summed E-state index contributed by atoms with van der Waals surface area (Å²) in [6, 6.07) is 8.24. The van der Waals surface area contributed by atoms with Crippen LogP contribution in [0.2, 0.25) is 5.02 Å². The van der Waals surface area contributed by atoms with Crippen molar-refractivity contribution in [2.75, 3.05) is 13.7 Å². The molecule has 1 unspecified atom stereocenters. The van der Waals surface area contributed by atoms with Gasteiger partial charge in [0.2, 0.25) is 0 Å². The van der Waals surface area contributed by atoms with Gasteiger partial charge in [0.15, 0.2) is 0 Å². The summed E-state index contributed by atoms with van der Waals surface area (Å²) < 4.78 is 6.13. The van der Waals surface area contributed by atoms with Crippen molar-refractivity contribution in [3.63, 3.8) is 0 Å². The van der Waals surface area contributed by atoms with Crippen molar-refractivity contribution in [2.45, 2.75) is 44.2 Å². The Morgan fingerprint density at radius 3 is 2.56 bits per heavy atom. The van der Waals surface area contributed by atoms with E-state index < -0.39 is 0 Å². The third-order valence-electron chi connectivity index (χ3n) is 3.91. The highest BCUT2D eigenvalue weighted by molar-refractivity contribution is 6.31. The van der Waals surface area contributed by atoms with Gasteiger partial charge in [-0.2, -0.15) is 0 Å². The van der Waals surface area contributed by atoms with Crippen molar-refractivity contribution in [3.8, 4) is 0 Å². The topological polar surface area (TPSA) is 21.3 Å². The lowest BCUT2D eigenvalue weighted by atomic mass is 9.86. The molecule has 1 aliphatic carbocycles. The molecule has 0 spiro atoms. The average Bonchev–Trinajstić information content (AvgIpc) is 2.82. The average molecular weight is 268 g/mol. The Hall–Kier alpha value is -0.570. The van der Waals surface area contributed by atoms with Gasteiger partial charge in [0.05, 0.1) is 11.6 Å². The zero-order chi connectivity index (χ0) is 13.0. The zero-order valence-corrected chi connectivity index (χ0v) is 12.0. The Bertz CT molecular complexity index is 388. The third-order valence-corrected chi connectivity index (χ3v) is 4.26. The van der Waals surface area contributed by atoms with E-state index in [1.807, 2.05) is 25.2 Å². The molecule has 1 atom stereocenters. The molecule has 100 valence electrons. The molecule has 0 bridgehead atoms. The van der Waals surface area contributed by atoms with E-state index in [9.17, 15) is 0 Å². The SMILES string of the molecule is CCOC1(C(NC)c2ccccc2Cl)CCCC1. The molecule has 1 N–H and O–H groups in total. The van der Waals surface area contributed by atoms with E-state index in [1.165, 1.54) is 12.8 Å². The van der Waals surface area contributed by atoms with Crippen molar-refractivity contribution in [2.24, 2.45) is 0 Å². The second-order valence-corrected chi connectivity index (χ2v) is 5.36. The van der Waals surface area contributed by atoms with E-state index in [4.69, 9.17) is 16.3 Å². The highest BCUT2D eigenvalue weighted by Gasteiger charge is 2.42. The van der Waals surface area contributed by atoms with Gasteiger partial charge in [0, 0.05) is 11.6 Å². The van der Waals surface area contributed by atoms with Crippen LogP contribution in [0, 0.1) is 0 Å². The summed E-state index contributed by atoms with van der Waals surface area (Å²) >= 11 is 6.34. The van der Waals surface area contributed by atoms with E-state index >= 15 is 0 Å². The van der Waals surface area contributed by atoms with Gasteiger partial charge < -0.3 is 10.1 Å². The van der Waals surface area contributed by atoms with Crippen molar-refractivity contribution < 1.29 is 4.74 Å². The molecule has 1 aliphatic rings. The van der Waals surface area contributed by atoms with E-state index in [0.717, 1.165) is 30.0 Å². The lowest BCUT2D eigenvalue weighted by molar-refractivity contribution is -0.0610. The smallest absolute Gasteiger partial charge is 0.0876 e. The van der Waals surface area contributed by atoms with E-state index in [0.29, 0.717) is 0 Å². The summed E-state index contributed by atoms with van der Waals surface area (Å²) in [6.07, 6.45) is 4.69. The molecule has 2 nitrogen and oxygen atoms in total. The largest absolute Gasteiger partial charge is 0.373 e. The summed E-state index contributed by atoms with van der Waals surface area (Å²) in [5.41, 5.74) is 1.06. The molecule has 2 rings (SSSR count). The molecule has 0 radical (unpaired) electrons. The molecule has 0 amide bonds. The highest BCUT2D eigenvalue weighted by atomic mass is 35.5. The number of halogens is 1. The fraction of sp³-hybridized carbons (Fsp3) is 0.600. The number of nitrogens with one attached hydrogen (secondary N) is 1. The van der Waals surface area contributed by atoms with Crippen LogP contribution >= 0.6 is 11.6 Å². The molecule has 0 saturated heterocycles. The van der Waals surface area contributed by atoms with E-state index in [-0.39, 0.29) is 11.6 Å². The van der Waals surface area contributed by atoms with Gasteiger partial charge in [-0.3, -0.25) is 0 Å². The second kappa shape index (κ2) is 6.05. The minimum atomic E-state index is -0.0888. The number of hydrogen-bond acceptors (Lipinski definition) is 2. The first-order valence-electron chi connectivity index (χ1n) is 6.79. The van der Waals surface area contributed by atoms with Crippen LogP contribution in [-0.4, -0.2) is 19.3 Å². The number of likely N-dealkylation sites (N-methyl/N-ethyl adjacent to an activating group) is 1. The van der Waals surface area contributed by atoms with Gasteiger partial charge in [-0.1, -0.05) is 42.6 Å². The van der Waals surface area contributed by atoms with Crippen LogP contribution in [-0.2, 0) is 4.74 Å². The third kappa shape index (κ3) is 2.56. The summed E-state index contributed by atoms with van der Waals surface area (Å²) in [7, 11) is 1.99. The number of hydrogen-bond donors (Lipinski definition) is 1. The summed E-state index contributed by atoms with van der Waals surface area (Å²) in [6.45, 7) is 2.82. The first-order valence-corrected chi connectivity index (χ1v) is 7.17. The van der Waals surface area contributed by atoms with Crippen LogP contribution in [0.3, 0.4) is 0 Å². The summed E-state index contributed by atoms with van der Waals surface area (Å²) in [5, 5.41) is 4.24. The van der Waals surface area contributed by atoms with Gasteiger partial charge in [-0.15, -0.1) is 0 Å². The van der Waals surface area contributed by atoms with Crippen molar-refractivity contribution in [1.29, 1.82) is 0 Å². The molecule has 18 heavy (non-hydrogen) atoms. The summed E-state index contributed by atoms with van der Waals surface area (Å²) in [4.78, 5) is 0. The van der Waals surface area contributed by atoms with Crippen LogP contribution in [0.1, 0.15) is 44.2 Å². The first kappa shape index (κ1) is 13.9. The highest BCUT2D eigenvalue weighted by Crippen LogP contribution is 2.44. The van der Waals surface area contributed by atoms with Crippen molar-refractivity contribution >= 4 is 11.6 Å². The van der Waals surface area contributed by atoms with Gasteiger partial charge in [-0.25, -0.2) is 0 Å². The second-order valence-electron chi connectivity index (χ2n) is 4.95. The molecule has 0 heterocycles. The number of benzene rings is 1. The van der Waals surface area contributed by atoms with Gasteiger partial charge in [0.1, 0.15) is 0 Å². The monoisotopic (exact) mass is 267 g/mol. The van der Waals surface area contributed by atoms with Gasteiger partial charge in [-0.05, 0) is 38.4 Å². The van der Waals surface area contributed by atoms with Crippen molar-refractivity contribution in [3.05, 3.63) is 34.9 Å². The number of rotatable bonds is 5. The van der Waals surface area contributed by atoms with E-state index in [2.05, 4.69) is 18.3 Å². The maximum Gasteiger partial charge on any atom is 0.0876 e. The van der Waals surface area contributed by atoms with Crippen molar-refractivity contribution in [1.82, 2.24) is 5.32 Å². The lowest BCUT2D eigenvalue weighted by Crippen LogP contribution is -2.43. The Labute approximate surface area is 115 Å². The predicted molar refractivity (Wildman–Crippen MR) is 76.1 cm³/mol. The molecule has 1 fully saturated rings.